The molecule has 0 bridgehead atoms. The van der Waals surface area contributed by atoms with E-state index in [0.717, 1.165) is 42.3 Å². The number of unbranched alkanes of at least 4 members (excludes halogenated alkanes) is 1. The van der Waals surface area contributed by atoms with Gasteiger partial charge in [0.25, 0.3) is 5.91 Å². The van der Waals surface area contributed by atoms with Gasteiger partial charge >= 0.3 is 0 Å². The summed E-state index contributed by atoms with van der Waals surface area (Å²) in [5, 5.41) is 0. The number of nitrogens with zero attached hydrogens (tertiary/aromatic N) is 2. The van der Waals surface area contributed by atoms with E-state index in [2.05, 4.69) is 29.4 Å². The molecule has 0 N–H and O–H groups in total. The van der Waals surface area contributed by atoms with E-state index in [1.807, 2.05) is 42.2 Å². The molecule has 4 nitrogen and oxygen atoms in total. The monoisotopic (exact) mass is 420 g/mol. The smallest absolute Gasteiger partial charge is 0.250 e. The van der Waals surface area contributed by atoms with Crippen LogP contribution in [0.1, 0.15) is 57.6 Å². The maximum atomic E-state index is 13.6. The number of likely N-dealkylation sites (tertiary alicyclic amines) is 1. The van der Waals surface area contributed by atoms with E-state index in [1.165, 1.54) is 0 Å². The first-order valence-corrected chi connectivity index (χ1v) is 10.3. The summed E-state index contributed by atoms with van der Waals surface area (Å²) in [5.41, 5.74) is 0.852. The summed E-state index contributed by atoms with van der Waals surface area (Å²) in [5.74, 6) is 0.0131. The first-order chi connectivity index (χ1) is 12.5. The second-order valence-corrected chi connectivity index (χ2v) is 7.55. The van der Waals surface area contributed by atoms with Crippen molar-refractivity contribution in [2.24, 2.45) is 0 Å². The standard InChI is InChI=1S/C21H29BrN2O2/c1-4-7-14-24(19(25)6-3)20(17-12-8-9-13-18(17)22)21(26)23-15-10-11-16(23)5-2/h5,8-9,12-13,16,20H,2,4,6-7,10-11,14-15H2,1,3H3. The average Bonchev–Trinajstić information content (AvgIpc) is 3.14. The van der Waals surface area contributed by atoms with E-state index in [9.17, 15) is 9.59 Å². The predicted octanol–water partition coefficient (Wildman–Crippen LogP) is 4.71. The maximum absolute atomic E-state index is 13.6. The second-order valence-electron chi connectivity index (χ2n) is 6.70. The summed E-state index contributed by atoms with van der Waals surface area (Å²) in [6.45, 7) is 9.15. The minimum absolute atomic E-state index is 0.00259. The Bertz CT molecular complexity index is 647. The first-order valence-electron chi connectivity index (χ1n) is 9.52. The number of amides is 2. The Kier molecular flexibility index (Phi) is 7.88. The van der Waals surface area contributed by atoms with Crippen molar-refractivity contribution in [1.82, 2.24) is 9.80 Å². The highest BCUT2D eigenvalue weighted by Crippen LogP contribution is 2.33. The predicted molar refractivity (Wildman–Crippen MR) is 109 cm³/mol. The zero-order chi connectivity index (χ0) is 19.1. The third-order valence-corrected chi connectivity index (χ3v) is 5.70. The molecule has 2 atom stereocenters. The third kappa shape index (κ3) is 4.56. The SMILES string of the molecule is C=CC1CCCN1C(=O)C(c1ccccc1Br)N(CCCC)C(=O)CC. The van der Waals surface area contributed by atoms with Crippen molar-refractivity contribution in [2.75, 3.05) is 13.1 Å². The van der Waals surface area contributed by atoms with Crippen molar-refractivity contribution in [3.63, 3.8) is 0 Å². The number of benzene rings is 1. The van der Waals surface area contributed by atoms with Gasteiger partial charge in [0.2, 0.25) is 5.91 Å². The fourth-order valence-corrected chi connectivity index (χ4v) is 4.03. The number of hydrogen-bond donors (Lipinski definition) is 0. The van der Waals surface area contributed by atoms with Gasteiger partial charge in [-0.25, -0.2) is 0 Å². The van der Waals surface area contributed by atoms with Crippen LogP contribution >= 0.6 is 15.9 Å². The Hall–Kier alpha value is -1.62. The van der Waals surface area contributed by atoms with Crippen molar-refractivity contribution in [1.29, 1.82) is 0 Å². The van der Waals surface area contributed by atoms with Gasteiger partial charge in [-0.05, 0) is 30.9 Å². The van der Waals surface area contributed by atoms with E-state index in [4.69, 9.17) is 0 Å². The third-order valence-electron chi connectivity index (χ3n) is 4.98. The number of hydrogen-bond acceptors (Lipinski definition) is 2. The van der Waals surface area contributed by atoms with Gasteiger partial charge in [0, 0.05) is 30.0 Å². The van der Waals surface area contributed by atoms with Crippen molar-refractivity contribution < 1.29 is 9.59 Å². The zero-order valence-corrected chi connectivity index (χ0v) is 17.4. The highest BCUT2D eigenvalue weighted by Gasteiger charge is 2.38. The summed E-state index contributed by atoms with van der Waals surface area (Å²) < 4.78 is 0.859. The van der Waals surface area contributed by atoms with E-state index in [0.29, 0.717) is 13.0 Å². The van der Waals surface area contributed by atoms with Crippen molar-refractivity contribution >= 4 is 27.7 Å². The second kappa shape index (κ2) is 9.91. The Morgan fingerprint density at radius 2 is 2.12 bits per heavy atom. The molecule has 1 aliphatic heterocycles. The highest BCUT2D eigenvalue weighted by atomic mass is 79.9. The van der Waals surface area contributed by atoms with Crippen molar-refractivity contribution in [2.45, 2.75) is 58.0 Å². The lowest BCUT2D eigenvalue weighted by atomic mass is 10.0. The van der Waals surface area contributed by atoms with Crippen LogP contribution in [0.2, 0.25) is 0 Å². The van der Waals surface area contributed by atoms with Gasteiger partial charge < -0.3 is 9.80 Å². The molecule has 0 aliphatic carbocycles. The molecule has 1 aromatic carbocycles. The average molecular weight is 421 g/mol. The normalized spacial score (nSPS) is 17.8. The molecule has 26 heavy (non-hydrogen) atoms. The molecule has 0 aromatic heterocycles. The zero-order valence-electron chi connectivity index (χ0n) is 15.8. The van der Waals surface area contributed by atoms with E-state index in [-0.39, 0.29) is 17.9 Å². The van der Waals surface area contributed by atoms with Crippen LogP contribution in [0.5, 0.6) is 0 Å². The molecule has 1 aromatic rings. The van der Waals surface area contributed by atoms with Crippen LogP contribution < -0.4 is 0 Å². The van der Waals surface area contributed by atoms with Gasteiger partial charge in [-0.3, -0.25) is 9.59 Å². The van der Waals surface area contributed by atoms with Gasteiger partial charge in [0.1, 0.15) is 6.04 Å². The Morgan fingerprint density at radius 1 is 1.38 bits per heavy atom. The summed E-state index contributed by atoms with van der Waals surface area (Å²) in [7, 11) is 0. The number of rotatable bonds is 8. The molecule has 5 heteroatoms. The molecule has 1 fully saturated rings. The van der Waals surface area contributed by atoms with Gasteiger partial charge in [-0.2, -0.15) is 0 Å². The summed E-state index contributed by atoms with van der Waals surface area (Å²) >= 11 is 3.58. The number of halogens is 1. The lowest BCUT2D eigenvalue weighted by Crippen LogP contribution is -2.47. The molecular weight excluding hydrogens is 392 g/mol. The summed E-state index contributed by atoms with van der Waals surface area (Å²) in [4.78, 5) is 29.9. The molecule has 1 aliphatic rings. The summed E-state index contributed by atoms with van der Waals surface area (Å²) in [6.07, 6.45) is 6.01. The van der Waals surface area contributed by atoms with Crippen LogP contribution in [0, 0.1) is 0 Å². The van der Waals surface area contributed by atoms with Gasteiger partial charge in [0.15, 0.2) is 0 Å². The molecule has 2 amide bonds. The van der Waals surface area contributed by atoms with Crippen LogP contribution in [0.25, 0.3) is 0 Å². The topological polar surface area (TPSA) is 40.6 Å². The van der Waals surface area contributed by atoms with Crippen LogP contribution in [0.3, 0.4) is 0 Å². The fourth-order valence-electron chi connectivity index (χ4n) is 3.53. The Morgan fingerprint density at radius 3 is 2.73 bits per heavy atom. The van der Waals surface area contributed by atoms with Gasteiger partial charge in [0.05, 0.1) is 0 Å². The molecular formula is C21H29BrN2O2. The van der Waals surface area contributed by atoms with Crippen LogP contribution in [-0.4, -0.2) is 40.7 Å². The molecule has 142 valence electrons. The van der Waals surface area contributed by atoms with Crippen LogP contribution in [-0.2, 0) is 9.59 Å². The fraction of sp³-hybridized carbons (Fsp3) is 0.524. The molecule has 1 saturated heterocycles. The Balaban J connectivity index is 2.46. The van der Waals surface area contributed by atoms with Crippen molar-refractivity contribution in [3.05, 3.63) is 47.0 Å². The van der Waals surface area contributed by atoms with Crippen LogP contribution in [0.15, 0.2) is 41.4 Å². The van der Waals surface area contributed by atoms with Gasteiger partial charge in [-0.1, -0.05) is 60.5 Å². The first kappa shape index (κ1) is 20.7. The number of carbonyl (C=O) groups is 2. The minimum atomic E-state index is -0.592. The molecule has 2 rings (SSSR count). The molecule has 0 radical (unpaired) electrons. The van der Waals surface area contributed by atoms with Crippen LogP contribution in [0.4, 0.5) is 0 Å². The highest BCUT2D eigenvalue weighted by molar-refractivity contribution is 9.10. The lowest BCUT2D eigenvalue weighted by molar-refractivity contribution is -0.146. The molecule has 0 saturated carbocycles. The van der Waals surface area contributed by atoms with E-state index >= 15 is 0 Å². The minimum Gasteiger partial charge on any atom is -0.334 e. The number of carbonyl (C=O) groups excluding carboxylic acids is 2. The molecule has 0 spiro atoms. The molecule has 1 heterocycles. The summed E-state index contributed by atoms with van der Waals surface area (Å²) in [6, 6.07) is 7.17. The van der Waals surface area contributed by atoms with Crippen molar-refractivity contribution in [3.8, 4) is 0 Å². The quantitative estimate of drug-likeness (QED) is 0.571. The lowest BCUT2D eigenvalue weighted by Gasteiger charge is -2.35. The Labute approximate surface area is 165 Å². The van der Waals surface area contributed by atoms with E-state index < -0.39 is 6.04 Å². The van der Waals surface area contributed by atoms with E-state index in [1.54, 1.807) is 4.90 Å². The maximum Gasteiger partial charge on any atom is 0.250 e. The largest absolute Gasteiger partial charge is 0.334 e. The molecule has 2 unspecified atom stereocenters. The van der Waals surface area contributed by atoms with Gasteiger partial charge in [-0.15, -0.1) is 6.58 Å².